The summed E-state index contributed by atoms with van der Waals surface area (Å²) in [6.07, 6.45) is 1.00. The van der Waals surface area contributed by atoms with Crippen LogP contribution in [0.1, 0.15) is 6.42 Å². The molecular weight excluding hydrogens is 220 g/mol. The molecule has 0 fully saturated rings. The summed E-state index contributed by atoms with van der Waals surface area (Å²) in [6, 6.07) is 4.68. The highest BCUT2D eigenvalue weighted by molar-refractivity contribution is 5.65. The van der Waals surface area contributed by atoms with Crippen molar-refractivity contribution >= 4 is 17.1 Å². The van der Waals surface area contributed by atoms with Gasteiger partial charge in [0, 0.05) is 18.3 Å². The summed E-state index contributed by atoms with van der Waals surface area (Å²) in [5, 5.41) is 13.7. The fraction of sp³-hybridized carbons (Fsp3) is 0.455. The fourth-order valence-electron chi connectivity index (χ4n) is 1.46. The van der Waals surface area contributed by atoms with Crippen LogP contribution in [0, 0.1) is 10.1 Å². The lowest BCUT2D eigenvalue weighted by Gasteiger charge is -2.10. The lowest BCUT2D eigenvalue weighted by molar-refractivity contribution is -0.383. The minimum Gasteiger partial charge on any atom is -0.393 e. The first-order valence-electron chi connectivity index (χ1n) is 5.43. The van der Waals surface area contributed by atoms with Gasteiger partial charge >= 0.3 is 0 Å². The van der Waals surface area contributed by atoms with E-state index >= 15 is 0 Å². The first-order chi connectivity index (χ1) is 8.00. The highest BCUT2D eigenvalue weighted by atomic mass is 16.6. The second-order valence-corrected chi connectivity index (χ2v) is 4.11. The van der Waals surface area contributed by atoms with Crippen LogP contribution in [-0.2, 0) is 0 Å². The van der Waals surface area contributed by atoms with Crippen LogP contribution in [0.2, 0.25) is 0 Å². The zero-order chi connectivity index (χ0) is 12.8. The quantitative estimate of drug-likeness (QED) is 0.340. The van der Waals surface area contributed by atoms with Gasteiger partial charge in [-0.3, -0.25) is 10.1 Å². The van der Waals surface area contributed by atoms with Crippen molar-refractivity contribution in [1.29, 1.82) is 0 Å². The van der Waals surface area contributed by atoms with Crippen LogP contribution >= 0.6 is 0 Å². The van der Waals surface area contributed by atoms with Crippen molar-refractivity contribution in [3.8, 4) is 0 Å². The van der Waals surface area contributed by atoms with Gasteiger partial charge in [-0.2, -0.15) is 0 Å². The highest BCUT2D eigenvalue weighted by Gasteiger charge is 2.10. The molecule has 0 heterocycles. The SMILES string of the molecule is CN(C)CCCNc1ccc([N+](=O)[O-])c(N)c1. The summed E-state index contributed by atoms with van der Waals surface area (Å²) < 4.78 is 0. The predicted octanol–water partition coefficient (Wildman–Crippen LogP) is 1.54. The maximum absolute atomic E-state index is 10.6. The minimum atomic E-state index is -0.481. The molecule has 1 rings (SSSR count). The molecule has 94 valence electrons. The molecule has 6 nitrogen and oxygen atoms in total. The molecule has 0 unspecified atom stereocenters. The van der Waals surface area contributed by atoms with Crippen LogP contribution in [0.4, 0.5) is 17.1 Å². The van der Waals surface area contributed by atoms with Crippen LogP contribution in [0.3, 0.4) is 0 Å². The Labute approximate surface area is 101 Å². The van der Waals surface area contributed by atoms with Crippen molar-refractivity contribution in [3.05, 3.63) is 28.3 Å². The predicted molar refractivity (Wildman–Crippen MR) is 69.2 cm³/mol. The topological polar surface area (TPSA) is 84.4 Å². The van der Waals surface area contributed by atoms with E-state index in [2.05, 4.69) is 10.2 Å². The molecule has 0 aromatic heterocycles. The van der Waals surface area contributed by atoms with Crippen LogP contribution in [0.15, 0.2) is 18.2 Å². The molecule has 1 aromatic carbocycles. The second-order valence-electron chi connectivity index (χ2n) is 4.11. The number of nitrogens with zero attached hydrogens (tertiary/aromatic N) is 2. The van der Waals surface area contributed by atoms with E-state index in [0.29, 0.717) is 0 Å². The maximum Gasteiger partial charge on any atom is 0.292 e. The zero-order valence-corrected chi connectivity index (χ0v) is 10.1. The van der Waals surface area contributed by atoms with Gasteiger partial charge < -0.3 is 16.0 Å². The number of nitro groups is 1. The standard InChI is InChI=1S/C11H18N4O2/c1-14(2)7-3-6-13-9-4-5-11(15(16)17)10(12)8-9/h4-5,8,13H,3,6-7,12H2,1-2H3. The summed E-state index contributed by atoms with van der Waals surface area (Å²) in [5.41, 5.74) is 6.53. The molecule has 0 spiro atoms. The van der Waals surface area contributed by atoms with E-state index in [9.17, 15) is 10.1 Å². The first-order valence-corrected chi connectivity index (χ1v) is 5.43. The van der Waals surface area contributed by atoms with Crippen LogP contribution in [0.5, 0.6) is 0 Å². The number of nitrogen functional groups attached to an aromatic ring is 1. The lowest BCUT2D eigenvalue weighted by atomic mass is 10.2. The van der Waals surface area contributed by atoms with E-state index < -0.39 is 4.92 Å². The Morgan fingerprint density at radius 3 is 2.71 bits per heavy atom. The summed E-state index contributed by atoms with van der Waals surface area (Å²) in [4.78, 5) is 12.2. The number of benzene rings is 1. The molecule has 0 aliphatic carbocycles. The number of nitrogens with two attached hydrogens (primary N) is 1. The number of nitrogens with one attached hydrogen (secondary N) is 1. The highest BCUT2D eigenvalue weighted by Crippen LogP contribution is 2.24. The Bertz CT molecular complexity index is 393. The molecule has 3 N–H and O–H groups in total. The molecule has 1 aromatic rings. The van der Waals surface area contributed by atoms with E-state index in [1.807, 2.05) is 14.1 Å². The molecule has 17 heavy (non-hydrogen) atoms. The van der Waals surface area contributed by atoms with Crippen LogP contribution in [0.25, 0.3) is 0 Å². The second kappa shape index (κ2) is 6.05. The van der Waals surface area contributed by atoms with Gasteiger partial charge in [0.1, 0.15) is 5.69 Å². The Morgan fingerprint density at radius 2 is 2.18 bits per heavy atom. The average molecular weight is 238 g/mol. The van der Waals surface area contributed by atoms with Crippen molar-refractivity contribution in [1.82, 2.24) is 4.90 Å². The molecule has 0 amide bonds. The van der Waals surface area contributed by atoms with Gasteiger partial charge in [-0.05, 0) is 39.2 Å². The molecule has 0 radical (unpaired) electrons. The molecule has 0 bridgehead atoms. The number of hydrogen-bond acceptors (Lipinski definition) is 5. The minimum absolute atomic E-state index is 0.0520. The summed E-state index contributed by atoms with van der Waals surface area (Å²) >= 11 is 0. The van der Waals surface area contributed by atoms with E-state index in [1.165, 1.54) is 6.07 Å². The van der Waals surface area contributed by atoms with E-state index in [0.717, 1.165) is 25.2 Å². The van der Waals surface area contributed by atoms with Gasteiger partial charge in [0.2, 0.25) is 0 Å². The largest absolute Gasteiger partial charge is 0.393 e. The van der Waals surface area contributed by atoms with Crippen molar-refractivity contribution in [2.45, 2.75) is 6.42 Å². The smallest absolute Gasteiger partial charge is 0.292 e. The summed E-state index contributed by atoms with van der Waals surface area (Å²) in [7, 11) is 4.04. The lowest BCUT2D eigenvalue weighted by Crippen LogP contribution is -2.16. The zero-order valence-electron chi connectivity index (χ0n) is 10.1. The average Bonchev–Trinajstić information content (AvgIpc) is 2.23. The molecular formula is C11H18N4O2. The van der Waals surface area contributed by atoms with Gasteiger partial charge in [-0.1, -0.05) is 0 Å². The first kappa shape index (κ1) is 13.2. The molecule has 0 aliphatic heterocycles. The Morgan fingerprint density at radius 1 is 1.47 bits per heavy atom. The number of nitro benzene ring substituents is 1. The van der Waals surface area contributed by atoms with E-state index in [-0.39, 0.29) is 11.4 Å². The van der Waals surface area contributed by atoms with E-state index in [4.69, 9.17) is 5.73 Å². The number of anilines is 2. The van der Waals surface area contributed by atoms with Gasteiger partial charge in [0.25, 0.3) is 5.69 Å². The third kappa shape index (κ3) is 4.28. The van der Waals surface area contributed by atoms with Crippen molar-refractivity contribution < 1.29 is 4.92 Å². The molecule has 0 saturated heterocycles. The summed E-state index contributed by atoms with van der Waals surface area (Å²) in [5.74, 6) is 0. The fourth-order valence-corrected chi connectivity index (χ4v) is 1.46. The number of hydrogen-bond donors (Lipinski definition) is 2. The molecule has 0 atom stereocenters. The maximum atomic E-state index is 10.6. The Hall–Kier alpha value is -1.82. The van der Waals surface area contributed by atoms with Crippen molar-refractivity contribution in [2.75, 3.05) is 38.2 Å². The van der Waals surface area contributed by atoms with E-state index in [1.54, 1.807) is 12.1 Å². The molecule has 0 aliphatic rings. The van der Waals surface area contributed by atoms with Gasteiger partial charge in [0.15, 0.2) is 0 Å². The normalized spacial score (nSPS) is 10.5. The van der Waals surface area contributed by atoms with Gasteiger partial charge in [0.05, 0.1) is 4.92 Å². The van der Waals surface area contributed by atoms with Crippen molar-refractivity contribution in [3.63, 3.8) is 0 Å². The third-order valence-electron chi connectivity index (χ3n) is 2.34. The Balaban J connectivity index is 2.50. The molecule has 6 heteroatoms. The van der Waals surface area contributed by atoms with Crippen molar-refractivity contribution in [2.24, 2.45) is 0 Å². The summed E-state index contributed by atoms with van der Waals surface area (Å²) in [6.45, 7) is 1.81. The van der Waals surface area contributed by atoms with Gasteiger partial charge in [-0.25, -0.2) is 0 Å². The van der Waals surface area contributed by atoms with Crippen LogP contribution < -0.4 is 11.1 Å². The van der Waals surface area contributed by atoms with Gasteiger partial charge in [-0.15, -0.1) is 0 Å². The Kier molecular flexibility index (Phi) is 4.71. The molecule has 0 saturated carbocycles. The number of rotatable bonds is 6. The third-order valence-corrected chi connectivity index (χ3v) is 2.34. The van der Waals surface area contributed by atoms with Crippen LogP contribution in [-0.4, -0.2) is 37.0 Å². The monoisotopic (exact) mass is 238 g/mol.